The number of aromatic nitrogens is 3. The van der Waals surface area contributed by atoms with Gasteiger partial charge in [0.1, 0.15) is 11.6 Å². The second kappa shape index (κ2) is 5.36. The Kier molecular flexibility index (Phi) is 3.21. The molecule has 2 heterocycles. The van der Waals surface area contributed by atoms with Gasteiger partial charge in [0.05, 0.1) is 0 Å². The van der Waals surface area contributed by atoms with Gasteiger partial charge in [0.15, 0.2) is 11.5 Å². The number of aryl methyl sites for hydroxylation is 1. The first kappa shape index (κ1) is 13.2. The maximum atomic E-state index is 13.7. The maximum Gasteiger partial charge on any atom is 0.280 e. The molecule has 1 aromatic carbocycles. The van der Waals surface area contributed by atoms with Crippen LogP contribution in [-0.2, 0) is 19.3 Å². The molecule has 6 heteroatoms. The van der Waals surface area contributed by atoms with Crippen LogP contribution in [0.4, 0.5) is 4.39 Å². The van der Waals surface area contributed by atoms with E-state index in [4.69, 9.17) is 9.05 Å². The van der Waals surface area contributed by atoms with Gasteiger partial charge >= 0.3 is 0 Å². The lowest BCUT2D eigenvalue weighted by Gasteiger charge is -2.07. The molecule has 1 aliphatic rings. The molecule has 0 spiro atoms. The molecule has 5 nitrogen and oxygen atoms in total. The third-order valence-corrected chi connectivity index (χ3v) is 3.93. The molecule has 0 N–H and O–H groups in total. The number of benzene rings is 1. The zero-order valence-corrected chi connectivity index (χ0v) is 11.9. The largest absolute Gasteiger partial charge is 0.360 e. The van der Waals surface area contributed by atoms with Gasteiger partial charge in [-0.3, -0.25) is 0 Å². The zero-order chi connectivity index (χ0) is 14.9. The molecule has 112 valence electrons. The summed E-state index contributed by atoms with van der Waals surface area (Å²) in [4.78, 5) is 4.33. The van der Waals surface area contributed by atoms with Crippen LogP contribution in [0.15, 0.2) is 33.3 Å². The van der Waals surface area contributed by atoms with Crippen LogP contribution in [-0.4, -0.2) is 15.3 Å². The van der Waals surface area contributed by atoms with Crippen LogP contribution in [0, 0.1) is 5.82 Å². The lowest BCUT2D eigenvalue weighted by molar-refractivity contribution is 0.369. The maximum absolute atomic E-state index is 13.7. The summed E-state index contributed by atoms with van der Waals surface area (Å²) in [6.07, 6.45) is 4.33. The zero-order valence-electron chi connectivity index (χ0n) is 11.9. The topological polar surface area (TPSA) is 65.0 Å². The van der Waals surface area contributed by atoms with E-state index < -0.39 is 0 Å². The highest BCUT2D eigenvalue weighted by atomic mass is 19.1. The van der Waals surface area contributed by atoms with E-state index in [9.17, 15) is 4.39 Å². The van der Waals surface area contributed by atoms with Crippen molar-refractivity contribution < 1.29 is 13.4 Å². The first-order valence-electron chi connectivity index (χ1n) is 7.35. The fourth-order valence-corrected chi connectivity index (χ4v) is 2.79. The van der Waals surface area contributed by atoms with Gasteiger partial charge in [-0.05, 0) is 30.9 Å². The normalized spacial score (nSPS) is 14.0. The van der Waals surface area contributed by atoms with Gasteiger partial charge in [-0.25, -0.2) is 4.39 Å². The van der Waals surface area contributed by atoms with Crippen LogP contribution in [0.3, 0.4) is 0 Å². The third kappa shape index (κ3) is 2.30. The highest BCUT2D eigenvalue weighted by Gasteiger charge is 2.24. The lowest BCUT2D eigenvalue weighted by Crippen LogP contribution is -2.00. The van der Waals surface area contributed by atoms with Crippen molar-refractivity contribution in [2.24, 2.45) is 0 Å². The van der Waals surface area contributed by atoms with Gasteiger partial charge in [-0.15, -0.1) is 0 Å². The van der Waals surface area contributed by atoms with Gasteiger partial charge in [0.2, 0.25) is 0 Å². The average molecular weight is 299 g/mol. The molecule has 4 rings (SSSR count). The molecular weight excluding hydrogens is 285 g/mol. The van der Waals surface area contributed by atoms with Crippen LogP contribution >= 0.6 is 0 Å². The number of rotatable bonds is 3. The van der Waals surface area contributed by atoms with Crippen molar-refractivity contribution in [1.29, 1.82) is 0 Å². The number of fused-ring (bicyclic) bond motifs is 1. The Labute approximate surface area is 126 Å². The molecule has 3 aromatic rings. The molecular formula is C16H14FN3O2. The number of hydrogen-bond acceptors (Lipinski definition) is 5. The predicted octanol–water partition coefficient (Wildman–Crippen LogP) is 3.33. The number of hydrogen-bond donors (Lipinski definition) is 0. The molecule has 22 heavy (non-hydrogen) atoms. The Morgan fingerprint density at radius 1 is 1.05 bits per heavy atom. The van der Waals surface area contributed by atoms with E-state index in [2.05, 4.69) is 15.3 Å². The van der Waals surface area contributed by atoms with Crippen LogP contribution in [0.2, 0.25) is 0 Å². The summed E-state index contributed by atoms with van der Waals surface area (Å²) in [5.41, 5.74) is 2.23. The second-order valence-corrected chi connectivity index (χ2v) is 5.42. The first-order chi connectivity index (χ1) is 10.8. The molecule has 0 aliphatic heterocycles. The minimum atomic E-state index is -0.271. The Morgan fingerprint density at radius 3 is 2.82 bits per heavy atom. The van der Waals surface area contributed by atoms with Gasteiger partial charge in [-0.1, -0.05) is 28.5 Å². The summed E-state index contributed by atoms with van der Waals surface area (Å²) in [6.45, 7) is 0. The fourth-order valence-electron chi connectivity index (χ4n) is 2.79. The molecule has 0 fully saturated rings. The third-order valence-electron chi connectivity index (χ3n) is 3.93. The van der Waals surface area contributed by atoms with Crippen LogP contribution in [0.25, 0.3) is 11.6 Å². The number of nitrogens with zero attached hydrogens (tertiary/aromatic N) is 3. The summed E-state index contributed by atoms with van der Waals surface area (Å²) in [5, 5.41) is 7.98. The molecule has 0 unspecified atom stereocenters. The summed E-state index contributed by atoms with van der Waals surface area (Å²) >= 11 is 0. The van der Waals surface area contributed by atoms with Crippen molar-refractivity contribution in [1.82, 2.24) is 15.3 Å². The van der Waals surface area contributed by atoms with E-state index in [1.807, 2.05) is 0 Å². The highest BCUT2D eigenvalue weighted by molar-refractivity contribution is 5.54. The summed E-state index contributed by atoms with van der Waals surface area (Å²) in [7, 11) is 0. The minimum absolute atomic E-state index is 0.271. The minimum Gasteiger partial charge on any atom is -0.360 e. The van der Waals surface area contributed by atoms with Gasteiger partial charge < -0.3 is 9.05 Å². The van der Waals surface area contributed by atoms with E-state index in [1.54, 1.807) is 18.2 Å². The molecule has 1 aliphatic carbocycles. The van der Waals surface area contributed by atoms with Crippen molar-refractivity contribution in [3.05, 3.63) is 52.8 Å². The first-order valence-corrected chi connectivity index (χ1v) is 7.35. The monoisotopic (exact) mass is 299 g/mol. The standard InChI is InChI=1S/C16H14FN3O2/c17-12-7-3-1-5-10(12)9-14-18-16(22-19-14)15-11-6-2-4-8-13(11)21-20-15/h1,3,5,7H,2,4,6,8-9H2. The second-order valence-electron chi connectivity index (χ2n) is 5.42. The van der Waals surface area contributed by atoms with Gasteiger partial charge in [0, 0.05) is 18.4 Å². The lowest BCUT2D eigenvalue weighted by atomic mass is 9.96. The molecule has 0 amide bonds. The summed E-state index contributed by atoms with van der Waals surface area (Å²) in [6, 6.07) is 6.57. The van der Waals surface area contributed by atoms with Crippen molar-refractivity contribution in [2.75, 3.05) is 0 Å². The van der Waals surface area contributed by atoms with Gasteiger partial charge in [0.25, 0.3) is 5.89 Å². The van der Waals surface area contributed by atoms with E-state index in [-0.39, 0.29) is 12.2 Å². The summed E-state index contributed by atoms with van der Waals surface area (Å²) in [5.74, 6) is 1.42. The quantitative estimate of drug-likeness (QED) is 0.742. The van der Waals surface area contributed by atoms with E-state index in [0.717, 1.165) is 37.0 Å². The Bertz CT molecular complexity index is 809. The van der Waals surface area contributed by atoms with Crippen molar-refractivity contribution in [2.45, 2.75) is 32.1 Å². The Balaban J connectivity index is 1.62. The van der Waals surface area contributed by atoms with E-state index in [0.29, 0.717) is 23.0 Å². The molecule has 2 aromatic heterocycles. The summed E-state index contributed by atoms with van der Waals surface area (Å²) < 4.78 is 24.3. The Morgan fingerprint density at radius 2 is 1.91 bits per heavy atom. The Hall–Kier alpha value is -2.50. The molecule has 0 saturated heterocycles. The van der Waals surface area contributed by atoms with Crippen LogP contribution in [0.5, 0.6) is 0 Å². The predicted molar refractivity (Wildman–Crippen MR) is 75.6 cm³/mol. The van der Waals surface area contributed by atoms with Crippen molar-refractivity contribution in [3.8, 4) is 11.6 Å². The van der Waals surface area contributed by atoms with Crippen LogP contribution in [0.1, 0.15) is 35.6 Å². The van der Waals surface area contributed by atoms with Gasteiger partial charge in [-0.2, -0.15) is 4.98 Å². The van der Waals surface area contributed by atoms with Crippen molar-refractivity contribution in [3.63, 3.8) is 0 Å². The van der Waals surface area contributed by atoms with E-state index >= 15 is 0 Å². The van der Waals surface area contributed by atoms with Crippen LogP contribution < -0.4 is 0 Å². The SMILES string of the molecule is Fc1ccccc1Cc1noc(-c2noc3c2CCCC3)n1. The number of halogens is 1. The van der Waals surface area contributed by atoms with Crippen molar-refractivity contribution >= 4 is 0 Å². The average Bonchev–Trinajstić information content (AvgIpc) is 3.16. The highest BCUT2D eigenvalue weighted by Crippen LogP contribution is 2.30. The molecule has 0 saturated carbocycles. The molecule has 0 radical (unpaired) electrons. The van der Waals surface area contributed by atoms with E-state index in [1.165, 1.54) is 6.07 Å². The molecule has 0 atom stereocenters. The smallest absolute Gasteiger partial charge is 0.280 e. The fraction of sp³-hybridized carbons (Fsp3) is 0.312. The molecule has 0 bridgehead atoms.